The zero-order valence-electron chi connectivity index (χ0n) is 12.3. The summed E-state index contributed by atoms with van der Waals surface area (Å²) >= 11 is 0. The summed E-state index contributed by atoms with van der Waals surface area (Å²) in [5, 5.41) is 0. The van der Waals surface area contributed by atoms with Crippen LogP contribution in [0.2, 0.25) is 0 Å². The number of hydrogen-bond acceptors (Lipinski definition) is 4. The number of halogens is 1. The third-order valence-corrected chi connectivity index (χ3v) is 3.18. The van der Waals surface area contributed by atoms with E-state index in [0.717, 1.165) is 12.1 Å². The van der Waals surface area contributed by atoms with E-state index in [4.69, 9.17) is 4.74 Å². The van der Waals surface area contributed by atoms with E-state index in [1.54, 1.807) is 30.3 Å². The second-order valence-electron chi connectivity index (χ2n) is 4.88. The van der Waals surface area contributed by atoms with Crippen LogP contribution in [0.5, 0.6) is 0 Å². The molecule has 2 rings (SSSR count). The van der Waals surface area contributed by atoms with Crippen LogP contribution in [0.25, 0.3) is 0 Å². The van der Waals surface area contributed by atoms with E-state index in [1.165, 1.54) is 12.1 Å². The standard InChI is InChI=1S/C18H15FO4/c19-15-8-6-14(7-9-15)17(21)12-23-18(22)11-10-16(20)13-4-2-1-3-5-13/h1-9H,10-12H2. The van der Waals surface area contributed by atoms with E-state index in [-0.39, 0.29) is 24.2 Å². The molecule has 0 fully saturated rings. The SMILES string of the molecule is O=C(CCC(=O)c1ccccc1)OCC(=O)c1ccc(F)cc1. The van der Waals surface area contributed by atoms with E-state index in [0.29, 0.717) is 5.56 Å². The molecule has 0 amide bonds. The molecular weight excluding hydrogens is 299 g/mol. The van der Waals surface area contributed by atoms with Crippen molar-refractivity contribution in [3.63, 3.8) is 0 Å². The lowest BCUT2D eigenvalue weighted by atomic mass is 10.1. The Kier molecular flexibility index (Phi) is 5.74. The topological polar surface area (TPSA) is 60.4 Å². The number of benzene rings is 2. The van der Waals surface area contributed by atoms with Crippen LogP contribution in [0.1, 0.15) is 33.6 Å². The summed E-state index contributed by atoms with van der Waals surface area (Å²) in [6.07, 6.45) is -0.0714. The van der Waals surface area contributed by atoms with Crippen molar-refractivity contribution < 1.29 is 23.5 Å². The Bertz CT molecular complexity index is 693. The molecule has 0 unspecified atom stereocenters. The van der Waals surface area contributed by atoms with Gasteiger partial charge < -0.3 is 4.74 Å². The van der Waals surface area contributed by atoms with Crippen molar-refractivity contribution in [2.75, 3.05) is 6.61 Å². The van der Waals surface area contributed by atoms with E-state index in [9.17, 15) is 18.8 Å². The second kappa shape index (κ2) is 7.98. The first-order valence-corrected chi connectivity index (χ1v) is 7.09. The van der Waals surface area contributed by atoms with Crippen molar-refractivity contribution in [1.29, 1.82) is 0 Å². The quantitative estimate of drug-likeness (QED) is 0.581. The van der Waals surface area contributed by atoms with Crippen LogP contribution in [0, 0.1) is 5.82 Å². The molecule has 5 heteroatoms. The normalized spacial score (nSPS) is 10.1. The summed E-state index contributed by atoms with van der Waals surface area (Å²) in [7, 11) is 0. The number of esters is 1. The molecule has 0 N–H and O–H groups in total. The second-order valence-corrected chi connectivity index (χ2v) is 4.88. The van der Waals surface area contributed by atoms with Gasteiger partial charge in [-0.15, -0.1) is 0 Å². The molecule has 2 aromatic rings. The molecule has 2 aromatic carbocycles. The molecule has 0 saturated heterocycles. The lowest BCUT2D eigenvalue weighted by molar-refractivity contribution is -0.142. The van der Waals surface area contributed by atoms with Crippen LogP contribution in [-0.2, 0) is 9.53 Å². The monoisotopic (exact) mass is 314 g/mol. The van der Waals surface area contributed by atoms with Gasteiger partial charge >= 0.3 is 5.97 Å². The summed E-state index contributed by atoms with van der Waals surface area (Å²) in [4.78, 5) is 35.2. The Morgan fingerprint density at radius 2 is 1.39 bits per heavy atom. The number of carbonyl (C=O) groups is 3. The Hall–Kier alpha value is -2.82. The van der Waals surface area contributed by atoms with Crippen LogP contribution in [0.15, 0.2) is 54.6 Å². The van der Waals surface area contributed by atoms with Crippen LogP contribution in [0.3, 0.4) is 0 Å². The van der Waals surface area contributed by atoms with Gasteiger partial charge in [-0.3, -0.25) is 14.4 Å². The lowest BCUT2D eigenvalue weighted by Crippen LogP contribution is -2.15. The maximum atomic E-state index is 12.8. The van der Waals surface area contributed by atoms with Crippen molar-refractivity contribution in [2.45, 2.75) is 12.8 Å². The Balaban J connectivity index is 1.76. The van der Waals surface area contributed by atoms with E-state index < -0.39 is 24.2 Å². The Morgan fingerprint density at radius 1 is 0.783 bits per heavy atom. The van der Waals surface area contributed by atoms with Gasteiger partial charge in [0.1, 0.15) is 5.82 Å². The van der Waals surface area contributed by atoms with Crippen molar-refractivity contribution >= 4 is 17.5 Å². The van der Waals surface area contributed by atoms with Crippen molar-refractivity contribution in [1.82, 2.24) is 0 Å². The highest BCUT2D eigenvalue weighted by atomic mass is 19.1. The van der Waals surface area contributed by atoms with Gasteiger partial charge in [0.25, 0.3) is 0 Å². The summed E-state index contributed by atoms with van der Waals surface area (Å²) in [6, 6.07) is 13.6. The minimum atomic E-state index is -0.621. The largest absolute Gasteiger partial charge is 0.457 e. The fourth-order valence-corrected chi connectivity index (χ4v) is 1.92. The molecule has 118 valence electrons. The van der Waals surface area contributed by atoms with Gasteiger partial charge in [-0.1, -0.05) is 30.3 Å². The summed E-state index contributed by atoms with van der Waals surface area (Å²) in [5.41, 5.74) is 0.794. The number of hydrogen-bond donors (Lipinski definition) is 0. The smallest absolute Gasteiger partial charge is 0.306 e. The number of ether oxygens (including phenoxy) is 1. The predicted octanol–water partition coefficient (Wildman–Crippen LogP) is 3.21. The van der Waals surface area contributed by atoms with Crippen molar-refractivity contribution in [2.24, 2.45) is 0 Å². The number of ketones is 2. The molecule has 0 spiro atoms. The van der Waals surface area contributed by atoms with Crippen molar-refractivity contribution in [3.05, 3.63) is 71.5 Å². The lowest BCUT2D eigenvalue weighted by Gasteiger charge is -2.04. The molecule has 0 heterocycles. The molecule has 0 aliphatic carbocycles. The number of Topliss-reactive ketones (excluding diaryl/α,β-unsaturated/α-hetero) is 2. The fraction of sp³-hybridized carbons (Fsp3) is 0.167. The highest BCUT2D eigenvalue weighted by Crippen LogP contribution is 2.07. The first-order valence-electron chi connectivity index (χ1n) is 7.09. The zero-order chi connectivity index (χ0) is 16.7. The van der Waals surface area contributed by atoms with Crippen LogP contribution >= 0.6 is 0 Å². The van der Waals surface area contributed by atoms with Crippen LogP contribution in [0.4, 0.5) is 4.39 Å². The maximum absolute atomic E-state index is 12.8. The zero-order valence-corrected chi connectivity index (χ0v) is 12.3. The van der Waals surface area contributed by atoms with E-state index >= 15 is 0 Å². The molecular formula is C18H15FO4. The average molecular weight is 314 g/mol. The fourth-order valence-electron chi connectivity index (χ4n) is 1.92. The molecule has 23 heavy (non-hydrogen) atoms. The van der Waals surface area contributed by atoms with Crippen LogP contribution < -0.4 is 0 Å². The van der Waals surface area contributed by atoms with Gasteiger partial charge in [0.15, 0.2) is 18.2 Å². The summed E-state index contributed by atoms with van der Waals surface area (Å²) in [5.74, 6) is -1.65. The molecule has 0 aliphatic rings. The van der Waals surface area contributed by atoms with Gasteiger partial charge in [0.2, 0.25) is 0 Å². The highest BCUT2D eigenvalue weighted by molar-refractivity contribution is 5.99. The first-order chi connectivity index (χ1) is 11.1. The summed E-state index contributed by atoms with van der Waals surface area (Å²) in [6.45, 7) is -0.427. The Morgan fingerprint density at radius 3 is 2.04 bits per heavy atom. The average Bonchev–Trinajstić information content (AvgIpc) is 2.59. The molecule has 0 aromatic heterocycles. The molecule has 0 aliphatic heterocycles. The van der Waals surface area contributed by atoms with Gasteiger partial charge in [-0.05, 0) is 24.3 Å². The minimum Gasteiger partial charge on any atom is -0.457 e. The van der Waals surface area contributed by atoms with Gasteiger partial charge in [0.05, 0.1) is 6.42 Å². The van der Waals surface area contributed by atoms with Gasteiger partial charge in [-0.2, -0.15) is 0 Å². The Labute approximate surface area is 132 Å². The molecule has 0 atom stereocenters. The molecule has 0 saturated carbocycles. The predicted molar refractivity (Wildman–Crippen MR) is 81.7 cm³/mol. The number of rotatable bonds is 7. The highest BCUT2D eigenvalue weighted by Gasteiger charge is 2.12. The van der Waals surface area contributed by atoms with Crippen molar-refractivity contribution in [3.8, 4) is 0 Å². The van der Waals surface area contributed by atoms with E-state index in [2.05, 4.69) is 0 Å². The molecule has 4 nitrogen and oxygen atoms in total. The molecule has 0 radical (unpaired) electrons. The van der Waals surface area contributed by atoms with Gasteiger partial charge in [-0.25, -0.2) is 4.39 Å². The minimum absolute atomic E-state index is 0.0214. The third kappa shape index (κ3) is 5.14. The van der Waals surface area contributed by atoms with E-state index in [1.807, 2.05) is 0 Å². The number of carbonyl (C=O) groups excluding carboxylic acids is 3. The first kappa shape index (κ1) is 16.5. The maximum Gasteiger partial charge on any atom is 0.306 e. The van der Waals surface area contributed by atoms with Crippen LogP contribution in [-0.4, -0.2) is 24.1 Å². The molecule has 0 bridgehead atoms. The summed E-state index contributed by atoms with van der Waals surface area (Å²) < 4.78 is 17.6. The third-order valence-electron chi connectivity index (χ3n) is 3.18. The van der Waals surface area contributed by atoms with Gasteiger partial charge in [0, 0.05) is 17.5 Å².